The van der Waals surface area contributed by atoms with E-state index in [0.29, 0.717) is 18.2 Å². The van der Waals surface area contributed by atoms with E-state index in [-0.39, 0.29) is 0 Å². The van der Waals surface area contributed by atoms with Crippen LogP contribution in [0, 0.1) is 0 Å². The zero-order valence-electron chi connectivity index (χ0n) is 9.28. The van der Waals surface area contributed by atoms with E-state index in [2.05, 4.69) is 10.5 Å². The summed E-state index contributed by atoms with van der Waals surface area (Å²) in [7, 11) is 0. The molecule has 2 heterocycles. The average Bonchev–Trinajstić information content (AvgIpc) is 2.74. The summed E-state index contributed by atoms with van der Waals surface area (Å²) < 4.78 is 5.32. The van der Waals surface area contributed by atoms with E-state index < -0.39 is 5.72 Å². The molecule has 90 valence electrons. The molecular weight excluding hydrogens is 240 g/mol. The molecule has 2 aliphatic heterocycles. The SMILES string of the molecule is Clc1cccc(C2=NC3(CCOCC3)ON2)c1. The third kappa shape index (κ3) is 2.16. The number of nitrogens with one attached hydrogen (secondary N) is 1. The summed E-state index contributed by atoms with van der Waals surface area (Å²) in [6, 6.07) is 7.57. The van der Waals surface area contributed by atoms with Gasteiger partial charge in [-0.05, 0) is 12.1 Å². The summed E-state index contributed by atoms with van der Waals surface area (Å²) in [4.78, 5) is 10.2. The van der Waals surface area contributed by atoms with Gasteiger partial charge in [-0.25, -0.2) is 15.3 Å². The van der Waals surface area contributed by atoms with Crippen molar-refractivity contribution in [1.29, 1.82) is 0 Å². The van der Waals surface area contributed by atoms with Gasteiger partial charge in [0, 0.05) is 23.4 Å². The van der Waals surface area contributed by atoms with Crippen LogP contribution in [0.15, 0.2) is 29.3 Å². The molecule has 3 rings (SSSR count). The molecule has 0 aromatic heterocycles. The van der Waals surface area contributed by atoms with Crippen LogP contribution in [-0.4, -0.2) is 24.8 Å². The Morgan fingerprint density at radius 1 is 1.29 bits per heavy atom. The lowest BCUT2D eigenvalue weighted by Crippen LogP contribution is -2.36. The Hall–Kier alpha value is -1.10. The van der Waals surface area contributed by atoms with Crippen molar-refractivity contribution in [1.82, 2.24) is 5.48 Å². The van der Waals surface area contributed by atoms with Gasteiger partial charge in [-0.1, -0.05) is 23.7 Å². The van der Waals surface area contributed by atoms with Gasteiger partial charge in [0.05, 0.1) is 13.2 Å². The van der Waals surface area contributed by atoms with Crippen molar-refractivity contribution in [2.24, 2.45) is 4.99 Å². The van der Waals surface area contributed by atoms with Crippen LogP contribution in [0.3, 0.4) is 0 Å². The zero-order chi connectivity index (χ0) is 11.7. The lowest BCUT2D eigenvalue weighted by atomic mass is 10.1. The van der Waals surface area contributed by atoms with Gasteiger partial charge in [0.1, 0.15) is 0 Å². The van der Waals surface area contributed by atoms with Crippen LogP contribution in [-0.2, 0) is 9.57 Å². The highest BCUT2D eigenvalue weighted by atomic mass is 35.5. The van der Waals surface area contributed by atoms with E-state index in [1.807, 2.05) is 24.3 Å². The number of amidine groups is 1. The molecule has 1 aromatic carbocycles. The predicted molar refractivity (Wildman–Crippen MR) is 65.0 cm³/mol. The van der Waals surface area contributed by atoms with Crippen LogP contribution in [0.4, 0.5) is 0 Å². The minimum atomic E-state index is -0.449. The van der Waals surface area contributed by atoms with E-state index in [0.717, 1.165) is 24.2 Å². The molecule has 0 radical (unpaired) electrons. The predicted octanol–water partition coefficient (Wildman–Crippen LogP) is 2.13. The van der Waals surface area contributed by atoms with E-state index in [9.17, 15) is 0 Å². The Bertz CT molecular complexity index is 456. The van der Waals surface area contributed by atoms with Gasteiger partial charge < -0.3 is 4.74 Å². The van der Waals surface area contributed by atoms with Crippen LogP contribution < -0.4 is 5.48 Å². The van der Waals surface area contributed by atoms with Gasteiger partial charge in [-0.15, -0.1) is 0 Å². The first-order valence-corrected chi connectivity index (χ1v) is 6.03. The average molecular weight is 253 g/mol. The van der Waals surface area contributed by atoms with Gasteiger partial charge >= 0.3 is 0 Å². The summed E-state index contributed by atoms with van der Waals surface area (Å²) in [5.41, 5.74) is 3.39. The number of benzene rings is 1. The number of hydroxylamine groups is 1. The zero-order valence-corrected chi connectivity index (χ0v) is 10.0. The highest BCUT2D eigenvalue weighted by Crippen LogP contribution is 2.30. The molecule has 0 saturated carbocycles. The third-order valence-electron chi connectivity index (χ3n) is 3.03. The number of hydrogen-bond acceptors (Lipinski definition) is 4. The minimum absolute atomic E-state index is 0.449. The minimum Gasteiger partial charge on any atom is -0.381 e. The molecule has 1 N–H and O–H groups in total. The maximum atomic E-state index is 5.96. The highest BCUT2D eigenvalue weighted by Gasteiger charge is 2.38. The van der Waals surface area contributed by atoms with Crippen molar-refractivity contribution >= 4 is 17.4 Å². The van der Waals surface area contributed by atoms with Crippen LogP contribution in [0.1, 0.15) is 18.4 Å². The fraction of sp³-hybridized carbons (Fsp3) is 0.417. The summed E-state index contributed by atoms with van der Waals surface area (Å²) in [5, 5.41) is 0.694. The number of rotatable bonds is 1. The van der Waals surface area contributed by atoms with E-state index in [1.165, 1.54) is 0 Å². The van der Waals surface area contributed by atoms with Crippen molar-refractivity contribution in [3.8, 4) is 0 Å². The molecular formula is C12H13ClN2O2. The number of nitrogens with zero attached hydrogens (tertiary/aromatic N) is 1. The lowest BCUT2D eigenvalue weighted by Gasteiger charge is -2.27. The van der Waals surface area contributed by atoms with Gasteiger partial charge in [0.15, 0.2) is 11.6 Å². The second kappa shape index (κ2) is 4.29. The third-order valence-corrected chi connectivity index (χ3v) is 3.26. The molecule has 0 amide bonds. The van der Waals surface area contributed by atoms with Crippen LogP contribution in [0.5, 0.6) is 0 Å². The Morgan fingerprint density at radius 2 is 2.12 bits per heavy atom. The lowest BCUT2D eigenvalue weighted by molar-refractivity contribution is -0.114. The monoisotopic (exact) mass is 252 g/mol. The second-order valence-electron chi connectivity index (χ2n) is 4.23. The highest BCUT2D eigenvalue weighted by molar-refractivity contribution is 6.31. The van der Waals surface area contributed by atoms with Crippen molar-refractivity contribution < 1.29 is 9.57 Å². The number of aliphatic imine (C=N–C) groups is 1. The molecule has 17 heavy (non-hydrogen) atoms. The first-order chi connectivity index (χ1) is 8.27. The molecule has 2 aliphatic rings. The first kappa shape index (κ1) is 11.0. The fourth-order valence-corrected chi connectivity index (χ4v) is 2.25. The number of hydrogen-bond donors (Lipinski definition) is 1. The van der Waals surface area contributed by atoms with E-state index in [1.54, 1.807) is 0 Å². The van der Waals surface area contributed by atoms with E-state index in [4.69, 9.17) is 21.2 Å². The molecule has 1 aromatic rings. The number of halogens is 1. The largest absolute Gasteiger partial charge is 0.381 e. The molecule has 0 bridgehead atoms. The Morgan fingerprint density at radius 3 is 2.88 bits per heavy atom. The van der Waals surface area contributed by atoms with Crippen molar-refractivity contribution in [3.63, 3.8) is 0 Å². The van der Waals surface area contributed by atoms with Gasteiger partial charge in [-0.2, -0.15) is 0 Å². The smallest absolute Gasteiger partial charge is 0.191 e. The Kier molecular flexibility index (Phi) is 2.78. The normalized spacial score (nSPS) is 22.3. The summed E-state index contributed by atoms with van der Waals surface area (Å²) in [6.45, 7) is 1.38. The molecule has 1 saturated heterocycles. The molecule has 5 heteroatoms. The van der Waals surface area contributed by atoms with Gasteiger partial charge in [-0.3, -0.25) is 0 Å². The Balaban J connectivity index is 1.87. The van der Waals surface area contributed by atoms with Crippen LogP contribution in [0.25, 0.3) is 0 Å². The quantitative estimate of drug-likeness (QED) is 0.833. The molecule has 0 aliphatic carbocycles. The van der Waals surface area contributed by atoms with Gasteiger partial charge in [0.2, 0.25) is 0 Å². The van der Waals surface area contributed by atoms with Gasteiger partial charge in [0.25, 0.3) is 0 Å². The molecule has 0 unspecified atom stereocenters. The topological polar surface area (TPSA) is 42.9 Å². The molecule has 1 fully saturated rings. The van der Waals surface area contributed by atoms with Crippen LogP contribution >= 0.6 is 11.6 Å². The maximum Gasteiger partial charge on any atom is 0.191 e. The van der Waals surface area contributed by atoms with Crippen molar-refractivity contribution in [2.75, 3.05) is 13.2 Å². The second-order valence-corrected chi connectivity index (χ2v) is 4.67. The summed E-state index contributed by atoms with van der Waals surface area (Å²) in [6.07, 6.45) is 1.56. The molecule has 0 atom stereocenters. The summed E-state index contributed by atoms with van der Waals surface area (Å²) >= 11 is 5.96. The fourth-order valence-electron chi connectivity index (χ4n) is 2.06. The first-order valence-electron chi connectivity index (χ1n) is 5.65. The maximum absolute atomic E-state index is 5.96. The molecule has 4 nitrogen and oxygen atoms in total. The van der Waals surface area contributed by atoms with Crippen LogP contribution in [0.2, 0.25) is 5.02 Å². The van der Waals surface area contributed by atoms with Crippen molar-refractivity contribution in [2.45, 2.75) is 18.6 Å². The molecule has 1 spiro atoms. The van der Waals surface area contributed by atoms with E-state index >= 15 is 0 Å². The van der Waals surface area contributed by atoms with Crippen molar-refractivity contribution in [3.05, 3.63) is 34.9 Å². The summed E-state index contributed by atoms with van der Waals surface area (Å²) in [5.74, 6) is 0.745. The standard InChI is InChI=1S/C12H13ClN2O2/c13-10-3-1-2-9(8-10)11-14-12(17-15-11)4-6-16-7-5-12/h1-3,8H,4-7H2,(H,14,15). The Labute approximate surface area is 105 Å². The number of ether oxygens (including phenoxy) is 1.